The Morgan fingerprint density at radius 2 is 1.62 bits per heavy atom. The number of hydrogen-bond donors (Lipinski definition) is 2. The van der Waals surface area contributed by atoms with Crippen molar-refractivity contribution in [1.29, 1.82) is 0 Å². The number of hydrogen-bond acceptors (Lipinski definition) is 10. The summed E-state index contributed by atoms with van der Waals surface area (Å²) < 4.78 is 16.4. The van der Waals surface area contributed by atoms with Gasteiger partial charge in [-0.3, -0.25) is 0 Å². The first-order valence-corrected chi connectivity index (χ1v) is 10.9. The van der Waals surface area contributed by atoms with Crippen LogP contribution in [0.4, 0.5) is 23.3 Å². The fourth-order valence-electron chi connectivity index (χ4n) is 4.02. The molecule has 4 aromatic rings. The van der Waals surface area contributed by atoms with Crippen molar-refractivity contribution in [2.75, 3.05) is 62.6 Å². The molecule has 1 aliphatic rings. The van der Waals surface area contributed by atoms with Gasteiger partial charge in [0.15, 0.2) is 23.0 Å². The number of ether oxygens (including phenoxy) is 3. The van der Waals surface area contributed by atoms with Crippen LogP contribution >= 0.6 is 0 Å². The van der Waals surface area contributed by atoms with Crippen molar-refractivity contribution in [3.05, 3.63) is 42.9 Å². The lowest BCUT2D eigenvalue weighted by atomic mass is 10.2. The minimum absolute atomic E-state index is 0.524. The standard InChI is InChI=1S/C23H26N8O3/c1-32-16-12-15(13-17(33-2)20(16)34-3)27-22-19-21(26-14-25-19)28-23(29-22)31-10-8-30(9-11-31)18-6-4-5-7-24-18/h4-7,12-14H,8-11H2,1-3H3,(H2,25,26,27,28,29). The number of nitrogens with zero attached hydrogens (tertiary/aromatic N) is 6. The second-order valence-corrected chi connectivity index (χ2v) is 7.67. The molecule has 0 bridgehead atoms. The van der Waals surface area contributed by atoms with Gasteiger partial charge in [0.1, 0.15) is 11.3 Å². The fourth-order valence-corrected chi connectivity index (χ4v) is 4.02. The Hall–Kier alpha value is -4.28. The highest BCUT2D eigenvalue weighted by Crippen LogP contribution is 2.41. The number of anilines is 4. The molecule has 176 valence electrons. The zero-order valence-electron chi connectivity index (χ0n) is 19.3. The summed E-state index contributed by atoms with van der Waals surface area (Å²) in [5.41, 5.74) is 2.03. The van der Waals surface area contributed by atoms with Gasteiger partial charge in [0.05, 0.1) is 27.7 Å². The van der Waals surface area contributed by atoms with Crippen molar-refractivity contribution in [1.82, 2.24) is 24.9 Å². The van der Waals surface area contributed by atoms with Crippen LogP contribution < -0.4 is 29.3 Å². The molecule has 2 N–H and O–H groups in total. The summed E-state index contributed by atoms with van der Waals surface area (Å²) >= 11 is 0. The first-order chi connectivity index (χ1) is 16.7. The molecule has 1 saturated heterocycles. The minimum Gasteiger partial charge on any atom is -0.493 e. The summed E-state index contributed by atoms with van der Waals surface area (Å²) in [6.07, 6.45) is 3.43. The number of rotatable bonds is 7. The van der Waals surface area contributed by atoms with E-state index < -0.39 is 0 Å². The lowest BCUT2D eigenvalue weighted by Crippen LogP contribution is -2.47. The molecule has 0 aliphatic carbocycles. The molecule has 0 spiro atoms. The Morgan fingerprint density at radius 3 is 2.26 bits per heavy atom. The summed E-state index contributed by atoms with van der Waals surface area (Å²) in [5.74, 6) is 3.83. The van der Waals surface area contributed by atoms with E-state index >= 15 is 0 Å². The van der Waals surface area contributed by atoms with E-state index in [2.05, 4.69) is 35.1 Å². The van der Waals surface area contributed by atoms with Gasteiger partial charge in [-0.05, 0) is 12.1 Å². The number of H-pyrrole nitrogens is 1. The summed E-state index contributed by atoms with van der Waals surface area (Å²) in [4.78, 5) is 25.9. The Morgan fingerprint density at radius 1 is 0.882 bits per heavy atom. The van der Waals surface area contributed by atoms with Gasteiger partial charge in [0.25, 0.3) is 0 Å². The quantitative estimate of drug-likeness (QED) is 0.425. The molecule has 1 aliphatic heterocycles. The molecule has 1 fully saturated rings. The number of aromatic amines is 1. The van der Waals surface area contributed by atoms with Crippen LogP contribution in [-0.4, -0.2) is 72.4 Å². The summed E-state index contributed by atoms with van der Waals surface area (Å²) in [6.45, 7) is 3.20. The highest BCUT2D eigenvalue weighted by molar-refractivity contribution is 5.86. The SMILES string of the molecule is COc1cc(Nc2nc(N3CCN(c4ccccn4)CC3)nc3nc[nH]c23)cc(OC)c1OC. The normalized spacial score (nSPS) is 13.7. The molecule has 0 amide bonds. The zero-order valence-corrected chi connectivity index (χ0v) is 19.3. The molecule has 0 atom stereocenters. The van der Waals surface area contributed by atoms with Crippen molar-refractivity contribution in [2.24, 2.45) is 0 Å². The zero-order chi connectivity index (χ0) is 23.5. The van der Waals surface area contributed by atoms with Crippen LogP contribution in [0.2, 0.25) is 0 Å². The highest BCUT2D eigenvalue weighted by atomic mass is 16.5. The molecule has 0 saturated carbocycles. The fraction of sp³-hybridized carbons (Fsp3) is 0.304. The number of pyridine rings is 1. The van der Waals surface area contributed by atoms with E-state index in [1.165, 1.54) is 0 Å². The van der Waals surface area contributed by atoms with Crippen molar-refractivity contribution >= 4 is 34.4 Å². The molecule has 0 unspecified atom stereocenters. The summed E-state index contributed by atoms with van der Waals surface area (Å²) in [7, 11) is 4.75. The summed E-state index contributed by atoms with van der Waals surface area (Å²) in [6, 6.07) is 9.62. The number of nitrogens with one attached hydrogen (secondary N) is 2. The van der Waals surface area contributed by atoms with Gasteiger partial charge < -0.3 is 34.3 Å². The van der Waals surface area contributed by atoms with E-state index in [9.17, 15) is 0 Å². The third-order valence-corrected chi connectivity index (χ3v) is 5.74. The number of fused-ring (bicyclic) bond motifs is 1. The number of benzene rings is 1. The predicted molar refractivity (Wildman–Crippen MR) is 130 cm³/mol. The second kappa shape index (κ2) is 9.30. The van der Waals surface area contributed by atoms with Crippen LogP contribution in [0, 0.1) is 0 Å². The van der Waals surface area contributed by atoms with E-state index in [0.717, 1.165) is 37.7 Å². The van der Waals surface area contributed by atoms with Gasteiger partial charge in [-0.1, -0.05) is 6.07 Å². The van der Waals surface area contributed by atoms with Crippen molar-refractivity contribution in [3.8, 4) is 17.2 Å². The highest BCUT2D eigenvalue weighted by Gasteiger charge is 2.22. The van der Waals surface area contributed by atoms with E-state index in [-0.39, 0.29) is 0 Å². The van der Waals surface area contributed by atoms with Gasteiger partial charge in [0, 0.05) is 50.2 Å². The average Bonchev–Trinajstić information content (AvgIpc) is 3.38. The molecule has 3 aromatic heterocycles. The first-order valence-electron chi connectivity index (χ1n) is 10.9. The van der Waals surface area contributed by atoms with Crippen molar-refractivity contribution < 1.29 is 14.2 Å². The molecule has 1 aromatic carbocycles. The molecule has 5 rings (SSSR count). The molecule has 11 nitrogen and oxygen atoms in total. The Labute approximate surface area is 196 Å². The Balaban J connectivity index is 1.42. The van der Waals surface area contributed by atoms with Gasteiger partial charge in [-0.15, -0.1) is 0 Å². The van der Waals surface area contributed by atoms with E-state index in [1.807, 2.05) is 36.5 Å². The van der Waals surface area contributed by atoms with Gasteiger partial charge in [0.2, 0.25) is 11.7 Å². The van der Waals surface area contributed by atoms with Gasteiger partial charge >= 0.3 is 0 Å². The summed E-state index contributed by atoms with van der Waals surface area (Å²) in [5, 5.41) is 3.36. The second-order valence-electron chi connectivity index (χ2n) is 7.67. The maximum atomic E-state index is 5.48. The molecule has 11 heteroatoms. The maximum Gasteiger partial charge on any atom is 0.229 e. The third-order valence-electron chi connectivity index (χ3n) is 5.74. The monoisotopic (exact) mass is 462 g/mol. The Kier molecular flexibility index (Phi) is 5.90. The maximum absolute atomic E-state index is 5.48. The molecular weight excluding hydrogens is 436 g/mol. The topological polar surface area (TPSA) is 114 Å². The van der Waals surface area contributed by atoms with Crippen LogP contribution in [-0.2, 0) is 0 Å². The van der Waals surface area contributed by atoms with E-state index in [4.69, 9.17) is 19.2 Å². The number of methoxy groups -OCH3 is 3. The predicted octanol–water partition coefficient (Wildman–Crippen LogP) is 2.84. The number of imidazole rings is 1. The van der Waals surface area contributed by atoms with Crippen LogP contribution in [0.1, 0.15) is 0 Å². The number of aromatic nitrogens is 5. The lowest BCUT2D eigenvalue weighted by Gasteiger charge is -2.35. The third kappa shape index (κ3) is 4.07. The van der Waals surface area contributed by atoms with Crippen LogP contribution in [0.5, 0.6) is 17.2 Å². The first kappa shape index (κ1) is 21.6. The van der Waals surface area contributed by atoms with Crippen molar-refractivity contribution in [2.45, 2.75) is 0 Å². The lowest BCUT2D eigenvalue weighted by molar-refractivity contribution is 0.324. The minimum atomic E-state index is 0.524. The van der Waals surface area contributed by atoms with E-state index in [1.54, 1.807) is 27.7 Å². The largest absolute Gasteiger partial charge is 0.493 e. The van der Waals surface area contributed by atoms with Crippen molar-refractivity contribution in [3.63, 3.8) is 0 Å². The number of piperazine rings is 1. The van der Waals surface area contributed by atoms with E-state index in [0.29, 0.717) is 40.2 Å². The van der Waals surface area contributed by atoms with Gasteiger partial charge in [-0.25, -0.2) is 9.97 Å². The van der Waals surface area contributed by atoms with Crippen LogP contribution in [0.15, 0.2) is 42.9 Å². The smallest absolute Gasteiger partial charge is 0.229 e. The average molecular weight is 463 g/mol. The van der Waals surface area contributed by atoms with Crippen LogP contribution in [0.25, 0.3) is 11.2 Å². The molecule has 4 heterocycles. The molecule has 0 radical (unpaired) electrons. The van der Waals surface area contributed by atoms with Gasteiger partial charge in [-0.2, -0.15) is 9.97 Å². The Bertz CT molecular complexity index is 1250. The molecule has 34 heavy (non-hydrogen) atoms. The van der Waals surface area contributed by atoms with Crippen LogP contribution in [0.3, 0.4) is 0 Å². The molecular formula is C23H26N8O3.